The quantitative estimate of drug-likeness (QED) is 0.798. The topological polar surface area (TPSA) is 64.0 Å². The van der Waals surface area contributed by atoms with Crippen molar-refractivity contribution < 1.29 is 9.18 Å². The number of nitrogens with one attached hydrogen (secondary N) is 1. The first-order valence-corrected chi connectivity index (χ1v) is 7.68. The minimum absolute atomic E-state index is 0.229. The predicted molar refractivity (Wildman–Crippen MR) is 93.7 cm³/mol. The number of anilines is 1. The number of aromatic nitrogens is 2. The molecule has 0 saturated carbocycles. The molecule has 0 aliphatic heterocycles. The monoisotopic (exact) mass is 337 g/mol. The summed E-state index contributed by atoms with van der Waals surface area (Å²) in [6, 6.07) is 12.5. The van der Waals surface area contributed by atoms with Gasteiger partial charge in [0.2, 0.25) is 5.43 Å². The molecule has 0 saturated heterocycles. The second kappa shape index (κ2) is 6.68. The van der Waals surface area contributed by atoms with E-state index in [9.17, 15) is 14.0 Å². The summed E-state index contributed by atoms with van der Waals surface area (Å²) < 4.78 is 14.4. The number of carbonyl (C=O) groups excluding carboxylic acids is 1. The van der Waals surface area contributed by atoms with Crippen molar-refractivity contribution in [3.63, 3.8) is 0 Å². The van der Waals surface area contributed by atoms with Crippen LogP contribution in [0.5, 0.6) is 0 Å². The number of halogens is 1. The van der Waals surface area contributed by atoms with Crippen LogP contribution in [-0.4, -0.2) is 15.7 Å². The van der Waals surface area contributed by atoms with Crippen LogP contribution in [0.15, 0.2) is 59.5 Å². The van der Waals surface area contributed by atoms with Crippen molar-refractivity contribution in [3.05, 3.63) is 87.6 Å². The van der Waals surface area contributed by atoms with Gasteiger partial charge in [0.05, 0.1) is 5.69 Å². The van der Waals surface area contributed by atoms with Crippen LogP contribution in [0.2, 0.25) is 0 Å². The minimum Gasteiger partial charge on any atom is -0.320 e. The van der Waals surface area contributed by atoms with Crippen molar-refractivity contribution in [1.82, 2.24) is 9.78 Å². The number of amides is 1. The minimum atomic E-state index is -0.588. The zero-order valence-corrected chi connectivity index (χ0v) is 13.8. The van der Waals surface area contributed by atoms with Gasteiger partial charge in [-0.1, -0.05) is 12.1 Å². The van der Waals surface area contributed by atoms with Gasteiger partial charge in [-0.2, -0.15) is 5.10 Å². The van der Waals surface area contributed by atoms with E-state index in [1.54, 1.807) is 0 Å². The van der Waals surface area contributed by atoms with Crippen molar-refractivity contribution in [3.8, 4) is 5.69 Å². The molecule has 6 heteroatoms. The third kappa shape index (κ3) is 3.63. The van der Waals surface area contributed by atoms with E-state index in [1.807, 2.05) is 32.0 Å². The van der Waals surface area contributed by atoms with E-state index in [1.165, 1.54) is 41.2 Å². The molecule has 1 heterocycles. The van der Waals surface area contributed by atoms with Crippen molar-refractivity contribution >= 4 is 11.6 Å². The molecule has 25 heavy (non-hydrogen) atoms. The Labute approximate surface area is 143 Å². The smallest absolute Gasteiger partial charge is 0.280 e. The van der Waals surface area contributed by atoms with Gasteiger partial charge in [0.25, 0.3) is 5.91 Å². The van der Waals surface area contributed by atoms with Crippen LogP contribution in [0.4, 0.5) is 10.1 Å². The number of hydrogen-bond donors (Lipinski definition) is 1. The van der Waals surface area contributed by atoms with E-state index in [0.717, 1.165) is 11.1 Å². The molecule has 0 spiro atoms. The summed E-state index contributed by atoms with van der Waals surface area (Å²) in [6.45, 7) is 3.78. The van der Waals surface area contributed by atoms with E-state index < -0.39 is 11.3 Å². The van der Waals surface area contributed by atoms with E-state index in [-0.39, 0.29) is 11.5 Å². The molecular formula is C19H16FN3O2. The lowest BCUT2D eigenvalue weighted by molar-refractivity contribution is 0.101. The number of benzene rings is 2. The molecule has 5 nitrogen and oxygen atoms in total. The highest BCUT2D eigenvalue weighted by Crippen LogP contribution is 2.16. The third-order valence-electron chi connectivity index (χ3n) is 3.76. The van der Waals surface area contributed by atoms with Gasteiger partial charge >= 0.3 is 0 Å². The summed E-state index contributed by atoms with van der Waals surface area (Å²) in [6.07, 6.45) is 1.43. The van der Waals surface area contributed by atoms with Crippen molar-refractivity contribution in [2.75, 3.05) is 5.32 Å². The van der Waals surface area contributed by atoms with Crippen LogP contribution in [-0.2, 0) is 0 Å². The highest BCUT2D eigenvalue weighted by molar-refractivity contribution is 6.03. The van der Waals surface area contributed by atoms with Crippen molar-refractivity contribution in [2.45, 2.75) is 13.8 Å². The summed E-state index contributed by atoms with van der Waals surface area (Å²) >= 11 is 0. The molecule has 0 bridgehead atoms. The molecule has 1 amide bonds. The number of nitrogens with zero attached hydrogens (tertiary/aromatic N) is 2. The molecule has 0 aliphatic carbocycles. The van der Waals surface area contributed by atoms with Gasteiger partial charge in [-0.05, 0) is 55.3 Å². The first kappa shape index (κ1) is 16.6. The van der Waals surface area contributed by atoms with Gasteiger partial charge < -0.3 is 5.32 Å². The standard InChI is InChI=1S/C19H16FN3O2/c1-12-3-4-13(2)16(11-12)21-19(25)18-17(24)9-10-23(22-18)15-7-5-14(20)6-8-15/h3-11H,1-2H3,(H,21,25). The van der Waals surface area contributed by atoms with Gasteiger partial charge in [0, 0.05) is 18.0 Å². The highest BCUT2D eigenvalue weighted by Gasteiger charge is 2.14. The summed E-state index contributed by atoms with van der Waals surface area (Å²) in [5, 5.41) is 6.81. The molecule has 3 aromatic rings. The fraction of sp³-hybridized carbons (Fsp3) is 0.105. The lowest BCUT2D eigenvalue weighted by Gasteiger charge is -2.10. The maximum atomic E-state index is 13.0. The van der Waals surface area contributed by atoms with Gasteiger partial charge in [0.15, 0.2) is 5.69 Å². The maximum Gasteiger partial charge on any atom is 0.280 e. The van der Waals surface area contributed by atoms with Gasteiger partial charge in [-0.15, -0.1) is 0 Å². The van der Waals surface area contributed by atoms with Gasteiger partial charge in [-0.3, -0.25) is 9.59 Å². The Bertz CT molecular complexity index is 994. The molecule has 2 aromatic carbocycles. The van der Waals surface area contributed by atoms with Crippen molar-refractivity contribution in [2.24, 2.45) is 0 Å². The number of rotatable bonds is 3. The zero-order valence-electron chi connectivity index (χ0n) is 13.8. The number of carbonyl (C=O) groups is 1. The number of aryl methyl sites for hydroxylation is 2. The van der Waals surface area contributed by atoms with Crippen molar-refractivity contribution in [1.29, 1.82) is 0 Å². The fourth-order valence-electron chi connectivity index (χ4n) is 2.35. The molecule has 3 rings (SSSR count). The first-order chi connectivity index (χ1) is 11.9. The first-order valence-electron chi connectivity index (χ1n) is 7.68. The molecule has 0 radical (unpaired) electrons. The molecule has 0 atom stereocenters. The summed E-state index contributed by atoms with van der Waals surface area (Å²) in [7, 11) is 0. The average molecular weight is 337 g/mol. The Balaban J connectivity index is 1.95. The zero-order chi connectivity index (χ0) is 18.0. The summed E-state index contributed by atoms with van der Waals surface area (Å²) in [5.74, 6) is -0.965. The molecule has 1 N–H and O–H groups in total. The third-order valence-corrected chi connectivity index (χ3v) is 3.76. The van der Waals surface area contributed by atoms with E-state index in [2.05, 4.69) is 10.4 Å². The average Bonchev–Trinajstić information content (AvgIpc) is 2.59. The van der Waals surface area contributed by atoms with E-state index >= 15 is 0 Å². The van der Waals surface area contributed by atoms with Gasteiger partial charge in [-0.25, -0.2) is 9.07 Å². The molecule has 0 fully saturated rings. The van der Waals surface area contributed by atoms with Gasteiger partial charge in [0.1, 0.15) is 5.82 Å². The van der Waals surface area contributed by atoms with Crippen LogP contribution in [0.25, 0.3) is 5.69 Å². The van der Waals surface area contributed by atoms with E-state index in [0.29, 0.717) is 11.4 Å². The molecule has 1 aromatic heterocycles. The summed E-state index contributed by atoms with van der Waals surface area (Å²) in [5.41, 5.74) is 2.33. The molecular weight excluding hydrogens is 321 g/mol. The maximum absolute atomic E-state index is 13.0. The molecule has 0 aliphatic rings. The van der Waals surface area contributed by atoms with Crippen LogP contribution in [0.1, 0.15) is 21.6 Å². The second-order valence-corrected chi connectivity index (χ2v) is 5.72. The Morgan fingerprint density at radius 2 is 1.80 bits per heavy atom. The molecule has 126 valence electrons. The highest BCUT2D eigenvalue weighted by atomic mass is 19.1. The molecule has 0 unspecified atom stereocenters. The summed E-state index contributed by atoms with van der Waals surface area (Å²) in [4.78, 5) is 24.5. The SMILES string of the molecule is Cc1ccc(C)c(NC(=O)c2nn(-c3ccc(F)cc3)ccc2=O)c1. The van der Waals surface area contributed by atoms with Crippen LogP contribution >= 0.6 is 0 Å². The lowest BCUT2D eigenvalue weighted by atomic mass is 10.1. The largest absolute Gasteiger partial charge is 0.320 e. The second-order valence-electron chi connectivity index (χ2n) is 5.72. The fourth-order valence-corrected chi connectivity index (χ4v) is 2.35. The Morgan fingerprint density at radius 3 is 2.52 bits per heavy atom. The number of hydrogen-bond acceptors (Lipinski definition) is 3. The Kier molecular flexibility index (Phi) is 4.43. The van der Waals surface area contributed by atoms with Crippen LogP contribution in [0.3, 0.4) is 0 Å². The normalized spacial score (nSPS) is 10.5. The Morgan fingerprint density at radius 1 is 1.08 bits per heavy atom. The lowest BCUT2D eigenvalue weighted by Crippen LogP contribution is -2.25. The van der Waals surface area contributed by atoms with Crippen LogP contribution < -0.4 is 10.7 Å². The predicted octanol–water partition coefficient (Wildman–Crippen LogP) is 3.24. The van der Waals surface area contributed by atoms with Crippen LogP contribution in [0, 0.1) is 19.7 Å². The Hall–Kier alpha value is -3.28. The van der Waals surface area contributed by atoms with E-state index in [4.69, 9.17) is 0 Å².